The highest BCUT2D eigenvalue weighted by Gasteiger charge is 1.97. The molecule has 0 fully saturated rings. The van der Waals surface area contributed by atoms with Gasteiger partial charge in [0.1, 0.15) is 11.5 Å². The lowest BCUT2D eigenvalue weighted by Gasteiger charge is -2.06. The summed E-state index contributed by atoms with van der Waals surface area (Å²) in [5.74, 6) is 1.74. The second-order valence-corrected chi connectivity index (χ2v) is 6.59. The molecular weight excluding hydrogens is 336 g/mol. The van der Waals surface area contributed by atoms with E-state index < -0.39 is 0 Å². The van der Waals surface area contributed by atoms with Gasteiger partial charge in [-0.25, -0.2) is 0 Å². The molecule has 0 spiro atoms. The lowest BCUT2D eigenvalue weighted by Crippen LogP contribution is -1.96. The topological polar surface area (TPSA) is 43.2 Å². The minimum absolute atomic E-state index is 0.661. The summed E-state index contributed by atoms with van der Waals surface area (Å²) in [6.07, 6.45) is 9.06. The Morgan fingerprint density at radius 2 is 1.07 bits per heavy atom. The molecule has 0 aliphatic heterocycles. The summed E-state index contributed by atoms with van der Waals surface area (Å²) in [5.41, 5.74) is 1.62. The highest BCUT2D eigenvalue weighted by molar-refractivity contribution is 5.44. The Labute approximate surface area is 163 Å². The molecule has 4 heteroatoms. The molecule has 0 radical (unpaired) electrons. The summed E-state index contributed by atoms with van der Waals surface area (Å²) in [5, 5.41) is 8.52. The van der Waals surface area contributed by atoms with E-state index in [1.54, 1.807) is 0 Å². The number of nitrogens with zero attached hydrogens (tertiary/aromatic N) is 2. The van der Waals surface area contributed by atoms with Crippen molar-refractivity contribution in [2.45, 2.75) is 58.8 Å². The van der Waals surface area contributed by atoms with Gasteiger partial charge in [-0.3, -0.25) is 0 Å². The zero-order valence-electron chi connectivity index (χ0n) is 16.7. The van der Waals surface area contributed by atoms with Crippen molar-refractivity contribution >= 4 is 11.4 Å². The van der Waals surface area contributed by atoms with E-state index in [4.69, 9.17) is 9.47 Å². The van der Waals surface area contributed by atoms with Crippen LogP contribution in [0.15, 0.2) is 58.8 Å². The summed E-state index contributed by atoms with van der Waals surface area (Å²) in [7, 11) is 0. The molecule has 0 heterocycles. The molecule has 2 aromatic carbocycles. The Balaban J connectivity index is 1.68. The van der Waals surface area contributed by atoms with E-state index in [-0.39, 0.29) is 0 Å². The molecule has 146 valence electrons. The predicted molar refractivity (Wildman–Crippen MR) is 112 cm³/mol. The van der Waals surface area contributed by atoms with Crippen LogP contribution in [0, 0.1) is 0 Å². The molecule has 27 heavy (non-hydrogen) atoms. The van der Waals surface area contributed by atoms with Crippen molar-refractivity contribution in [3.05, 3.63) is 48.5 Å². The quantitative estimate of drug-likeness (QED) is 0.269. The molecule has 0 atom stereocenters. The lowest BCUT2D eigenvalue weighted by molar-refractivity contribution is 0.304. The van der Waals surface area contributed by atoms with Gasteiger partial charge in [-0.2, -0.15) is 10.2 Å². The Bertz CT molecular complexity index is 651. The van der Waals surface area contributed by atoms with Crippen LogP contribution < -0.4 is 9.47 Å². The van der Waals surface area contributed by atoms with Crippen LogP contribution >= 0.6 is 0 Å². The second-order valence-electron chi connectivity index (χ2n) is 6.59. The average Bonchev–Trinajstić information content (AvgIpc) is 2.70. The van der Waals surface area contributed by atoms with E-state index in [1.165, 1.54) is 38.5 Å². The molecule has 2 aromatic rings. The van der Waals surface area contributed by atoms with E-state index in [0.29, 0.717) is 6.61 Å². The Morgan fingerprint density at radius 3 is 1.59 bits per heavy atom. The monoisotopic (exact) mass is 368 g/mol. The summed E-state index contributed by atoms with van der Waals surface area (Å²) in [6, 6.07) is 15.4. The third-order valence-corrected chi connectivity index (χ3v) is 4.28. The maximum Gasteiger partial charge on any atom is 0.119 e. The van der Waals surface area contributed by atoms with Crippen LogP contribution in [0.3, 0.4) is 0 Å². The maximum absolute atomic E-state index is 5.80. The Morgan fingerprint density at radius 1 is 0.593 bits per heavy atom. The standard InChI is InChI=1S/C23H32N2O2/c1-3-5-6-7-8-9-10-19-27-23-17-13-21(14-18-23)25-24-20-11-15-22(16-12-20)26-4-2/h11-18H,3-10,19H2,1-2H3. The summed E-state index contributed by atoms with van der Waals surface area (Å²) in [4.78, 5) is 0. The van der Waals surface area contributed by atoms with E-state index in [1.807, 2.05) is 55.5 Å². The minimum atomic E-state index is 0.661. The van der Waals surface area contributed by atoms with Crippen LogP contribution in [0.4, 0.5) is 11.4 Å². The van der Waals surface area contributed by atoms with E-state index in [0.717, 1.165) is 35.9 Å². The molecule has 0 saturated heterocycles. The van der Waals surface area contributed by atoms with Gasteiger partial charge in [0.25, 0.3) is 0 Å². The van der Waals surface area contributed by atoms with Gasteiger partial charge in [-0.1, -0.05) is 45.4 Å². The maximum atomic E-state index is 5.80. The van der Waals surface area contributed by atoms with E-state index in [2.05, 4.69) is 17.2 Å². The molecule has 0 aliphatic carbocycles. The van der Waals surface area contributed by atoms with Crippen molar-refractivity contribution in [3.8, 4) is 11.5 Å². The van der Waals surface area contributed by atoms with E-state index in [9.17, 15) is 0 Å². The third-order valence-electron chi connectivity index (χ3n) is 4.28. The van der Waals surface area contributed by atoms with Crippen LogP contribution in [0.5, 0.6) is 11.5 Å². The van der Waals surface area contributed by atoms with E-state index >= 15 is 0 Å². The van der Waals surface area contributed by atoms with Gasteiger partial charge in [-0.15, -0.1) is 0 Å². The fourth-order valence-electron chi connectivity index (χ4n) is 2.75. The fourth-order valence-corrected chi connectivity index (χ4v) is 2.75. The summed E-state index contributed by atoms with van der Waals surface area (Å²) < 4.78 is 11.2. The second kappa shape index (κ2) is 12.9. The van der Waals surface area contributed by atoms with Crippen molar-refractivity contribution in [2.24, 2.45) is 10.2 Å². The predicted octanol–water partition coefficient (Wildman–Crippen LogP) is 7.63. The average molecular weight is 369 g/mol. The molecule has 2 rings (SSSR count). The SMILES string of the molecule is CCCCCCCCCOc1ccc(N=Nc2ccc(OCC)cc2)cc1. The van der Waals surface area contributed by atoms with Crippen LogP contribution in [-0.2, 0) is 0 Å². The molecule has 0 amide bonds. The fraction of sp³-hybridized carbons (Fsp3) is 0.478. The molecule has 0 aliphatic rings. The Kier molecular flexibility index (Phi) is 10.0. The van der Waals surface area contributed by atoms with Crippen LogP contribution in [-0.4, -0.2) is 13.2 Å². The number of hydrogen-bond donors (Lipinski definition) is 0. The number of benzene rings is 2. The first-order valence-electron chi connectivity index (χ1n) is 10.2. The zero-order valence-corrected chi connectivity index (χ0v) is 16.7. The zero-order chi connectivity index (χ0) is 19.2. The Hall–Kier alpha value is -2.36. The number of rotatable bonds is 13. The van der Waals surface area contributed by atoms with Gasteiger partial charge >= 0.3 is 0 Å². The van der Waals surface area contributed by atoms with Crippen molar-refractivity contribution in [3.63, 3.8) is 0 Å². The lowest BCUT2D eigenvalue weighted by atomic mass is 10.1. The number of unbranched alkanes of at least 4 members (excludes halogenated alkanes) is 6. The summed E-state index contributed by atoms with van der Waals surface area (Å²) >= 11 is 0. The molecule has 0 saturated carbocycles. The van der Waals surface area contributed by atoms with Crippen LogP contribution in [0.1, 0.15) is 58.8 Å². The first kappa shape index (κ1) is 20.9. The van der Waals surface area contributed by atoms with Crippen molar-refractivity contribution < 1.29 is 9.47 Å². The first-order chi connectivity index (χ1) is 13.3. The highest BCUT2D eigenvalue weighted by atomic mass is 16.5. The normalized spacial score (nSPS) is 11.0. The number of hydrogen-bond acceptors (Lipinski definition) is 4. The van der Waals surface area contributed by atoms with Gasteiger partial charge in [0, 0.05) is 0 Å². The molecule has 0 unspecified atom stereocenters. The molecule has 4 nitrogen and oxygen atoms in total. The van der Waals surface area contributed by atoms with Gasteiger partial charge in [-0.05, 0) is 61.9 Å². The molecule has 0 N–H and O–H groups in total. The van der Waals surface area contributed by atoms with Crippen molar-refractivity contribution in [1.82, 2.24) is 0 Å². The van der Waals surface area contributed by atoms with Gasteiger partial charge in [0.15, 0.2) is 0 Å². The molecular formula is C23H32N2O2. The number of ether oxygens (including phenoxy) is 2. The van der Waals surface area contributed by atoms with Crippen LogP contribution in [0.25, 0.3) is 0 Å². The first-order valence-corrected chi connectivity index (χ1v) is 10.2. The van der Waals surface area contributed by atoms with Gasteiger partial charge < -0.3 is 9.47 Å². The smallest absolute Gasteiger partial charge is 0.119 e. The van der Waals surface area contributed by atoms with Gasteiger partial charge in [0.05, 0.1) is 24.6 Å². The highest BCUT2D eigenvalue weighted by Crippen LogP contribution is 2.23. The van der Waals surface area contributed by atoms with Crippen molar-refractivity contribution in [1.29, 1.82) is 0 Å². The minimum Gasteiger partial charge on any atom is -0.494 e. The largest absolute Gasteiger partial charge is 0.494 e. The van der Waals surface area contributed by atoms with Crippen LogP contribution in [0.2, 0.25) is 0 Å². The van der Waals surface area contributed by atoms with Crippen molar-refractivity contribution in [2.75, 3.05) is 13.2 Å². The molecule has 0 aromatic heterocycles. The van der Waals surface area contributed by atoms with Gasteiger partial charge in [0.2, 0.25) is 0 Å². The third kappa shape index (κ3) is 8.72. The number of azo groups is 1. The molecule has 0 bridgehead atoms. The summed E-state index contributed by atoms with van der Waals surface area (Å²) in [6.45, 7) is 5.66.